The van der Waals surface area contributed by atoms with Crippen molar-refractivity contribution >= 4 is 17.5 Å². The highest BCUT2D eigenvalue weighted by Gasteiger charge is 2.53. The van der Waals surface area contributed by atoms with E-state index in [2.05, 4.69) is 25.4 Å². The molecule has 3 aromatic rings. The van der Waals surface area contributed by atoms with Gasteiger partial charge in [0.25, 0.3) is 0 Å². The number of nitrogens with zero attached hydrogens (tertiary/aromatic N) is 5. The van der Waals surface area contributed by atoms with Gasteiger partial charge in [-0.1, -0.05) is 0 Å². The maximum Gasteiger partial charge on any atom is 0.240 e. The van der Waals surface area contributed by atoms with Crippen molar-refractivity contribution in [3.63, 3.8) is 0 Å². The van der Waals surface area contributed by atoms with E-state index in [1.165, 1.54) is 0 Å². The van der Waals surface area contributed by atoms with E-state index >= 15 is 0 Å². The van der Waals surface area contributed by atoms with Gasteiger partial charge in [0.2, 0.25) is 11.9 Å². The van der Waals surface area contributed by atoms with Crippen LogP contribution in [0.25, 0.3) is 0 Å². The zero-order valence-electron chi connectivity index (χ0n) is 17.6. The molecule has 0 saturated carbocycles. The van der Waals surface area contributed by atoms with Gasteiger partial charge in [0.15, 0.2) is 0 Å². The van der Waals surface area contributed by atoms with Crippen molar-refractivity contribution in [1.82, 2.24) is 25.1 Å². The van der Waals surface area contributed by atoms with Crippen LogP contribution in [-0.4, -0.2) is 58.2 Å². The Hall–Kier alpha value is -3.46. The van der Waals surface area contributed by atoms with E-state index in [0.29, 0.717) is 32.0 Å². The molecule has 31 heavy (non-hydrogen) atoms. The first-order valence-corrected chi connectivity index (χ1v) is 10.3. The molecule has 9 nitrogen and oxygen atoms in total. The average molecular weight is 419 g/mol. The summed E-state index contributed by atoms with van der Waals surface area (Å²) < 4.78 is 5.28. The highest BCUT2D eigenvalue weighted by atomic mass is 16.5. The Kier molecular flexibility index (Phi) is 4.82. The number of ether oxygens (including phenoxy) is 1. The van der Waals surface area contributed by atoms with Crippen molar-refractivity contribution < 1.29 is 9.53 Å². The predicted octanol–water partition coefficient (Wildman–Crippen LogP) is 1.94. The molecule has 2 N–H and O–H groups in total. The van der Waals surface area contributed by atoms with E-state index in [9.17, 15) is 4.79 Å². The number of likely N-dealkylation sites (tertiary alicyclic amines) is 1. The Morgan fingerprint density at radius 3 is 2.81 bits per heavy atom. The number of benzene rings is 1. The van der Waals surface area contributed by atoms with Crippen molar-refractivity contribution in [3.05, 3.63) is 59.7 Å². The molecule has 2 aliphatic rings. The molecule has 1 aromatic carbocycles. The molecule has 4 heterocycles. The average Bonchev–Trinajstić information content (AvgIpc) is 3.47. The molecule has 160 valence electrons. The number of anilines is 2. The van der Waals surface area contributed by atoms with Crippen molar-refractivity contribution in [1.29, 1.82) is 0 Å². The fourth-order valence-electron chi connectivity index (χ4n) is 4.63. The fourth-order valence-corrected chi connectivity index (χ4v) is 4.63. The van der Waals surface area contributed by atoms with Gasteiger partial charge in [0, 0.05) is 50.3 Å². The summed E-state index contributed by atoms with van der Waals surface area (Å²) in [6.07, 6.45) is 4.37. The number of aromatic nitrogens is 4. The summed E-state index contributed by atoms with van der Waals surface area (Å²) in [4.78, 5) is 27.3. The maximum atomic E-state index is 14.0. The van der Waals surface area contributed by atoms with Crippen molar-refractivity contribution in [2.75, 3.05) is 37.5 Å². The third-order valence-corrected chi connectivity index (χ3v) is 6.20. The second-order valence-corrected chi connectivity index (χ2v) is 8.02. The highest BCUT2D eigenvalue weighted by molar-refractivity contribution is 6.03. The zero-order valence-corrected chi connectivity index (χ0v) is 17.6. The van der Waals surface area contributed by atoms with Crippen LogP contribution in [-0.2, 0) is 23.3 Å². The number of aromatic amines is 1. The van der Waals surface area contributed by atoms with Gasteiger partial charge >= 0.3 is 0 Å². The van der Waals surface area contributed by atoms with E-state index in [0.717, 1.165) is 34.9 Å². The molecule has 0 radical (unpaired) electrons. The van der Waals surface area contributed by atoms with Crippen LogP contribution >= 0.6 is 0 Å². The van der Waals surface area contributed by atoms with Crippen LogP contribution in [0.4, 0.5) is 11.6 Å². The van der Waals surface area contributed by atoms with Gasteiger partial charge in [-0.25, -0.2) is 9.97 Å². The number of amides is 1. The molecule has 1 atom stereocenters. The van der Waals surface area contributed by atoms with Gasteiger partial charge < -0.3 is 15.0 Å². The van der Waals surface area contributed by atoms with E-state index in [1.807, 2.05) is 47.6 Å². The number of fused-ring (bicyclic) bond motifs is 2. The molecule has 2 aromatic heterocycles. The molecule has 0 aliphatic carbocycles. The molecule has 2 aliphatic heterocycles. The van der Waals surface area contributed by atoms with Crippen LogP contribution in [0.2, 0.25) is 0 Å². The highest BCUT2D eigenvalue weighted by Crippen LogP contribution is 2.43. The van der Waals surface area contributed by atoms with Crippen molar-refractivity contribution in [3.8, 4) is 5.75 Å². The molecule has 0 bridgehead atoms. The maximum absolute atomic E-state index is 14.0. The third-order valence-electron chi connectivity index (χ3n) is 6.20. The smallest absolute Gasteiger partial charge is 0.240 e. The number of methoxy groups -OCH3 is 1. The van der Waals surface area contributed by atoms with Crippen LogP contribution < -0.4 is 15.0 Å². The van der Waals surface area contributed by atoms with Crippen LogP contribution in [0, 0.1) is 0 Å². The Morgan fingerprint density at radius 1 is 1.26 bits per heavy atom. The lowest BCUT2D eigenvalue weighted by Gasteiger charge is -2.40. The summed E-state index contributed by atoms with van der Waals surface area (Å²) in [5.41, 5.74) is 2.92. The van der Waals surface area contributed by atoms with Gasteiger partial charge in [-0.05, 0) is 36.8 Å². The summed E-state index contributed by atoms with van der Waals surface area (Å²) in [7, 11) is 3.43. The quantitative estimate of drug-likeness (QED) is 0.652. The fraction of sp³-hybridized carbons (Fsp3) is 0.364. The van der Waals surface area contributed by atoms with Gasteiger partial charge in [-0.15, -0.1) is 0 Å². The summed E-state index contributed by atoms with van der Waals surface area (Å²) in [6.45, 7) is 2.54. The monoisotopic (exact) mass is 419 g/mol. The summed E-state index contributed by atoms with van der Waals surface area (Å²) in [5, 5.41) is 10.1. The second kappa shape index (κ2) is 7.66. The zero-order chi connectivity index (χ0) is 21.4. The van der Waals surface area contributed by atoms with Gasteiger partial charge in [0.1, 0.15) is 11.2 Å². The Balaban J connectivity index is 1.53. The Bertz CT molecular complexity index is 1080. The molecular weight excluding hydrogens is 394 g/mol. The van der Waals surface area contributed by atoms with E-state index in [1.54, 1.807) is 14.2 Å². The largest absolute Gasteiger partial charge is 0.497 e. The lowest BCUT2D eigenvalue weighted by atomic mass is 9.77. The number of carbonyl (C=O) groups is 1. The Labute approximate surface area is 180 Å². The first-order valence-electron chi connectivity index (χ1n) is 10.3. The van der Waals surface area contributed by atoms with Crippen LogP contribution in [0.5, 0.6) is 5.75 Å². The van der Waals surface area contributed by atoms with Gasteiger partial charge in [0.05, 0.1) is 25.0 Å². The number of hydrogen-bond acceptors (Lipinski definition) is 7. The minimum absolute atomic E-state index is 0.0791. The van der Waals surface area contributed by atoms with Crippen LogP contribution in [0.1, 0.15) is 23.4 Å². The number of rotatable bonds is 5. The molecule has 1 spiro atoms. The van der Waals surface area contributed by atoms with E-state index < -0.39 is 5.41 Å². The number of nitrogens with one attached hydrogen (secondary N) is 2. The number of hydrogen-bond donors (Lipinski definition) is 2. The third kappa shape index (κ3) is 3.31. The predicted molar refractivity (Wildman–Crippen MR) is 116 cm³/mol. The van der Waals surface area contributed by atoms with Gasteiger partial charge in [-0.3, -0.25) is 14.8 Å². The first kappa shape index (κ1) is 19.5. The van der Waals surface area contributed by atoms with Crippen LogP contribution in [0.3, 0.4) is 0 Å². The number of carbonyl (C=O) groups excluding carboxylic acids is 1. The molecule has 5 rings (SSSR count). The SMILES string of the molecule is CNc1ncc2c(n1)C1(CCN(Cc3cc[nH]n3)C1)C(=O)N(c1ccc(OC)cc1)C2. The summed E-state index contributed by atoms with van der Waals surface area (Å²) in [5.74, 6) is 1.38. The first-order chi connectivity index (χ1) is 15.1. The van der Waals surface area contributed by atoms with Crippen molar-refractivity contribution in [2.24, 2.45) is 0 Å². The minimum atomic E-state index is -0.710. The molecular formula is C22H25N7O2. The molecule has 1 unspecified atom stereocenters. The summed E-state index contributed by atoms with van der Waals surface area (Å²) in [6, 6.07) is 9.57. The van der Waals surface area contributed by atoms with Crippen LogP contribution in [0.15, 0.2) is 42.7 Å². The van der Waals surface area contributed by atoms with Crippen molar-refractivity contribution in [2.45, 2.75) is 24.9 Å². The lowest BCUT2D eigenvalue weighted by molar-refractivity contribution is -0.124. The van der Waals surface area contributed by atoms with Gasteiger partial charge in [-0.2, -0.15) is 5.10 Å². The molecule has 1 saturated heterocycles. The Morgan fingerprint density at radius 2 is 2.10 bits per heavy atom. The second-order valence-electron chi connectivity index (χ2n) is 8.02. The normalized spacial score (nSPS) is 20.8. The standard InChI is InChI=1S/C22H25N7O2/c1-23-21-24-11-15-12-29(17-3-5-18(31-2)6-4-17)20(30)22(19(15)26-21)8-10-28(14-22)13-16-7-9-25-27-16/h3-7,9,11H,8,10,12-14H2,1-2H3,(H,25,27)(H,23,24,26). The lowest BCUT2D eigenvalue weighted by Crippen LogP contribution is -2.53. The number of H-pyrrole nitrogens is 1. The molecule has 1 amide bonds. The topological polar surface area (TPSA) is 99.3 Å². The minimum Gasteiger partial charge on any atom is -0.497 e. The van der Waals surface area contributed by atoms with E-state index in [4.69, 9.17) is 9.72 Å². The molecule has 9 heteroatoms. The molecule has 1 fully saturated rings. The summed E-state index contributed by atoms with van der Waals surface area (Å²) >= 11 is 0. The van der Waals surface area contributed by atoms with E-state index in [-0.39, 0.29) is 5.91 Å².